The lowest BCUT2D eigenvalue weighted by Gasteiger charge is -2.18. The van der Waals surface area contributed by atoms with E-state index in [1.54, 1.807) is 12.1 Å². The molecule has 2 aromatic heterocycles. The Bertz CT molecular complexity index is 471. The lowest BCUT2D eigenvalue weighted by atomic mass is 10.3. The second-order valence-electron chi connectivity index (χ2n) is 3.72. The average Bonchev–Trinajstić information content (AvgIpc) is 3.04. The molecule has 0 saturated carbocycles. The van der Waals surface area contributed by atoms with Gasteiger partial charge in [0.15, 0.2) is 0 Å². The molecule has 0 aliphatic carbocycles. The van der Waals surface area contributed by atoms with Gasteiger partial charge in [-0.2, -0.15) is 0 Å². The first kappa shape index (κ1) is 13.0. The maximum Gasteiger partial charge on any atom is 0.270 e. The van der Waals surface area contributed by atoms with Crippen molar-refractivity contribution in [2.24, 2.45) is 0 Å². The van der Waals surface area contributed by atoms with Gasteiger partial charge in [0.05, 0.1) is 9.75 Å². The van der Waals surface area contributed by atoms with E-state index in [1.807, 2.05) is 29.8 Å². The SMILES string of the molecule is CCCN(C(=O)c1cccs1)C(=O)c1cccs1. The molecule has 18 heavy (non-hydrogen) atoms. The zero-order chi connectivity index (χ0) is 13.0. The summed E-state index contributed by atoms with van der Waals surface area (Å²) in [4.78, 5) is 27.0. The molecule has 3 nitrogen and oxygen atoms in total. The summed E-state index contributed by atoms with van der Waals surface area (Å²) in [5.74, 6) is -0.407. The molecule has 0 atom stereocenters. The molecule has 0 unspecified atom stereocenters. The Morgan fingerprint density at radius 1 is 1.06 bits per heavy atom. The Balaban J connectivity index is 2.23. The molecule has 2 aromatic rings. The van der Waals surface area contributed by atoms with Gasteiger partial charge < -0.3 is 0 Å². The normalized spacial score (nSPS) is 10.3. The fourth-order valence-corrected chi connectivity index (χ4v) is 2.93. The third-order valence-corrected chi connectivity index (χ3v) is 4.12. The molecule has 2 rings (SSSR count). The molecule has 0 N–H and O–H groups in total. The van der Waals surface area contributed by atoms with Crippen molar-refractivity contribution < 1.29 is 9.59 Å². The molecule has 5 heteroatoms. The lowest BCUT2D eigenvalue weighted by molar-refractivity contribution is 0.0622. The summed E-state index contributed by atoms with van der Waals surface area (Å²) in [6.07, 6.45) is 0.758. The van der Waals surface area contributed by atoms with Crippen LogP contribution in [0, 0.1) is 0 Å². The zero-order valence-corrected chi connectivity index (χ0v) is 11.6. The maximum absolute atomic E-state index is 12.3. The van der Waals surface area contributed by atoms with Crippen LogP contribution in [0.1, 0.15) is 32.7 Å². The van der Waals surface area contributed by atoms with E-state index in [4.69, 9.17) is 0 Å². The number of carbonyl (C=O) groups excluding carboxylic acids is 2. The van der Waals surface area contributed by atoms with Crippen molar-refractivity contribution in [2.75, 3.05) is 6.54 Å². The van der Waals surface area contributed by atoms with Crippen LogP contribution in [0.3, 0.4) is 0 Å². The minimum atomic E-state index is -0.203. The van der Waals surface area contributed by atoms with E-state index in [0.717, 1.165) is 6.42 Å². The van der Waals surface area contributed by atoms with Crippen LogP contribution in [0.15, 0.2) is 35.0 Å². The molecule has 0 fully saturated rings. The minimum absolute atomic E-state index is 0.203. The molecule has 2 amide bonds. The third-order valence-electron chi connectivity index (χ3n) is 2.40. The van der Waals surface area contributed by atoms with E-state index >= 15 is 0 Å². The summed E-state index contributed by atoms with van der Waals surface area (Å²) in [6.45, 7) is 2.41. The van der Waals surface area contributed by atoms with Crippen molar-refractivity contribution in [3.8, 4) is 0 Å². The van der Waals surface area contributed by atoms with Crippen molar-refractivity contribution in [3.63, 3.8) is 0 Å². The maximum atomic E-state index is 12.3. The number of imide groups is 1. The quantitative estimate of drug-likeness (QED) is 0.803. The van der Waals surface area contributed by atoms with Gasteiger partial charge in [0.25, 0.3) is 11.8 Å². The Labute approximate surface area is 114 Å². The van der Waals surface area contributed by atoms with Crippen LogP contribution in [-0.2, 0) is 0 Å². The molecule has 0 radical (unpaired) electrons. The molecule has 0 aliphatic heterocycles. The molecule has 0 bridgehead atoms. The lowest BCUT2D eigenvalue weighted by Crippen LogP contribution is -2.36. The highest BCUT2D eigenvalue weighted by atomic mass is 32.1. The number of nitrogens with zero attached hydrogens (tertiary/aromatic N) is 1. The highest BCUT2D eigenvalue weighted by Crippen LogP contribution is 2.17. The number of thiophene rings is 2. The van der Waals surface area contributed by atoms with Crippen LogP contribution in [0.25, 0.3) is 0 Å². The summed E-state index contributed by atoms with van der Waals surface area (Å²) in [5.41, 5.74) is 0. The van der Waals surface area contributed by atoms with Crippen molar-refractivity contribution >= 4 is 34.5 Å². The first-order chi connectivity index (χ1) is 8.74. The zero-order valence-electron chi connectivity index (χ0n) is 9.96. The van der Waals surface area contributed by atoms with E-state index < -0.39 is 0 Å². The topological polar surface area (TPSA) is 37.4 Å². The van der Waals surface area contributed by atoms with Crippen molar-refractivity contribution in [2.45, 2.75) is 13.3 Å². The smallest absolute Gasteiger partial charge is 0.270 e. The van der Waals surface area contributed by atoms with Crippen LogP contribution < -0.4 is 0 Å². The van der Waals surface area contributed by atoms with Crippen molar-refractivity contribution in [1.29, 1.82) is 0 Å². The van der Waals surface area contributed by atoms with Crippen LogP contribution in [-0.4, -0.2) is 23.3 Å². The van der Waals surface area contributed by atoms with Gasteiger partial charge in [0.1, 0.15) is 0 Å². The number of carbonyl (C=O) groups is 2. The average molecular weight is 279 g/mol. The van der Waals surface area contributed by atoms with Gasteiger partial charge in [0, 0.05) is 6.54 Å². The van der Waals surface area contributed by atoms with Gasteiger partial charge in [-0.1, -0.05) is 19.1 Å². The standard InChI is InChI=1S/C13H13NO2S2/c1-2-7-14(12(15)10-5-3-8-17-10)13(16)11-6-4-9-18-11/h3-6,8-9H,2,7H2,1H3. The number of hydrogen-bond donors (Lipinski definition) is 0. The number of amides is 2. The van der Waals surface area contributed by atoms with Crippen molar-refractivity contribution in [1.82, 2.24) is 4.90 Å². The Kier molecular flexibility index (Phi) is 4.28. The molecule has 0 aliphatic rings. The van der Waals surface area contributed by atoms with Crippen LogP contribution in [0.2, 0.25) is 0 Å². The second kappa shape index (κ2) is 5.93. The van der Waals surface area contributed by atoms with E-state index in [2.05, 4.69) is 0 Å². The van der Waals surface area contributed by atoms with Crippen LogP contribution in [0.4, 0.5) is 0 Å². The molecule has 0 aromatic carbocycles. The van der Waals surface area contributed by atoms with Gasteiger partial charge in [-0.15, -0.1) is 22.7 Å². The second-order valence-corrected chi connectivity index (χ2v) is 5.61. The fraction of sp³-hybridized carbons (Fsp3) is 0.231. The predicted octanol–water partition coefficient (Wildman–Crippen LogP) is 3.50. The summed E-state index contributed by atoms with van der Waals surface area (Å²) in [6, 6.07) is 7.13. The highest BCUT2D eigenvalue weighted by molar-refractivity contribution is 7.12. The van der Waals surface area contributed by atoms with E-state index in [1.165, 1.54) is 27.6 Å². The van der Waals surface area contributed by atoms with Crippen molar-refractivity contribution in [3.05, 3.63) is 44.8 Å². The number of hydrogen-bond acceptors (Lipinski definition) is 4. The van der Waals surface area contributed by atoms with Gasteiger partial charge in [-0.05, 0) is 29.3 Å². The van der Waals surface area contributed by atoms with Gasteiger partial charge >= 0.3 is 0 Å². The molecule has 94 valence electrons. The molecule has 0 saturated heterocycles. The third kappa shape index (κ3) is 2.68. The minimum Gasteiger partial charge on any atom is -0.273 e. The summed E-state index contributed by atoms with van der Waals surface area (Å²) < 4.78 is 0. The summed E-state index contributed by atoms with van der Waals surface area (Å²) >= 11 is 2.72. The monoisotopic (exact) mass is 279 g/mol. The predicted molar refractivity (Wildman–Crippen MR) is 74.3 cm³/mol. The molecule has 0 spiro atoms. The Morgan fingerprint density at radius 2 is 1.56 bits per heavy atom. The van der Waals surface area contributed by atoms with Gasteiger partial charge in [-0.3, -0.25) is 14.5 Å². The van der Waals surface area contributed by atoms with Gasteiger partial charge in [0.2, 0.25) is 0 Å². The van der Waals surface area contributed by atoms with Crippen LogP contribution in [0.5, 0.6) is 0 Å². The summed E-state index contributed by atoms with van der Waals surface area (Å²) in [5, 5.41) is 3.68. The van der Waals surface area contributed by atoms with E-state index in [9.17, 15) is 9.59 Å². The van der Waals surface area contributed by atoms with E-state index in [0.29, 0.717) is 16.3 Å². The highest BCUT2D eigenvalue weighted by Gasteiger charge is 2.24. The van der Waals surface area contributed by atoms with E-state index in [-0.39, 0.29) is 11.8 Å². The first-order valence-corrected chi connectivity index (χ1v) is 7.43. The molecular formula is C13H13NO2S2. The first-order valence-electron chi connectivity index (χ1n) is 5.67. The largest absolute Gasteiger partial charge is 0.273 e. The van der Waals surface area contributed by atoms with Crippen LogP contribution >= 0.6 is 22.7 Å². The fourth-order valence-electron chi connectivity index (χ4n) is 1.59. The summed E-state index contributed by atoms with van der Waals surface area (Å²) in [7, 11) is 0. The Morgan fingerprint density at radius 3 is 1.89 bits per heavy atom. The molecular weight excluding hydrogens is 266 g/mol. The Hall–Kier alpha value is -1.46. The molecule has 2 heterocycles. The van der Waals surface area contributed by atoms with Gasteiger partial charge in [-0.25, -0.2) is 0 Å². The number of rotatable bonds is 4.